The van der Waals surface area contributed by atoms with E-state index in [1.54, 1.807) is 80.4 Å². The summed E-state index contributed by atoms with van der Waals surface area (Å²) in [5, 5.41) is 1.33. The van der Waals surface area contributed by atoms with Gasteiger partial charge in [-0.15, -0.1) is 29.7 Å². The first kappa shape index (κ1) is 30.6. The van der Waals surface area contributed by atoms with Gasteiger partial charge in [0.15, 0.2) is 0 Å². The Balaban J connectivity index is 0.0000107. The van der Waals surface area contributed by atoms with Gasteiger partial charge in [0, 0.05) is 54.0 Å². The zero-order valence-electron chi connectivity index (χ0n) is 70.3. The van der Waals surface area contributed by atoms with Gasteiger partial charge in [-0.3, -0.25) is 4.57 Å². The SMILES string of the molecule is [2H]c1c([2H])c([2H])c(-c2ccc3c(c2)n(-c2[c-]c(Oc4[c-]c5c(cc4)c4ccccc4n5-c4cc(C([2H])([2H])[2H])c(-c5c([2H])c([2H])c([2H])c([2H])c5[2H])cn4)ccc2)[c-][n+]3-c2c(-c3c([2H])c(-c4c([2H])c([2H])c([2H])c([2H])c4[2H])c([2H])c(-c4c([2H])c([2H])c([2H])c([2H])c4[2H])c3[2H])cc(C(C)(C)C)cc2C(C)(C)C)c([2H])c1[2H].[Pt]. The number of pyridine rings is 1. The van der Waals surface area contributed by atoms with Crippen molar-refractivity contribution in [1.82, 2.24) is 14.1 Å². The van der Waals surface area contributed by atoms with Crippen LogP contribution in [0.2, 0.25) is 0 Å². The fourth-order valence-corrected chi connectivity index (χ4v) is 9.74. The second-order valence-electron chi connectivity index (χ2n) is 20.9. The van der Waals surface area contributed by atoms with Crippen molar-refractivity contribution in [3.05, 3.63) is 271 Å². The second kappa shape index (κ2) is 21.3. The van der Waals surface area contributed by atoms with Crippen LogP contribution in [0.4, 0.5) is 0 Å². The summed E-state index contributed by atoms with van der Waals surface area (Å²) in [6, 6.07) is 15.2. The summed E-state index contributed by atoms with van der Waals surface area (Å²) in [7, 11) is 0. The number of hydrogen-bond acceptors (Lipinski definition) is 2. The van der Waals surface area contributed by atoms with Crippen LogP contribution in [0.1, 0.15) is 93.9 Å². The summed E-state index contributed by atoms with van der Waals surface area (Å²) in [6.45, 7) is 8.58. The first-order valence-electron chi connectivity index (χ1n) is 38.4. The molecule has 0 unspecified atom stereocenters. The summed E-state index contributed by atoms with van der Waals surface area (Å²) in [5.74, 6) is 0.254. The van der Waals surface area contributed by atoms with Crippen LogP contribution in [-0.4, -0.2) is 14.1 Å². The molecule has 13 aromatic rings. The molecule has 10 aromatic carbocycles. The van der Waals surface area contributed by atoms with Crippen molar-refractivity contribution in [1.29, 1.82) is 0 Å². The van der Waals surface area contributed by atoms with E-state index in [0.717, 1.165) is 0 Å². The number of hydrogen-bond donors (Lipinski definition) is 0. The van der Waals surface area contributed by atoms with Crippen molar-refractivity contribution in [2.24, 2.45) is 0 Å². The van der Waals surface area contributed by atoms with Gasteiger partial charge in [-0.2, -0.15) is 18.2 Å². The van der Waals surface area contributed by atoms with E-state index in [4.69, 9.17) is 30.8 Å². The van der Waals surface area contributed by atoms with Crippen LogP contribution in [0, 0.1) is 25.3 Å². The third kappa shape index (κ3) is 10.1. The van der Waals surface area contributed by atoms with Gasteiger partial charge in [0.2, 0.25) is 0 Å². The van der Waals surface area contributed by atoms with Gasteiger partial charge in [0.05, 0.1) is 48.2 Å². The topological polar surface area (TPSA) is 35.9 Å². The minimum absolute atomic E-state index is 0. The normalized spacial score (nSPS) is 16.5. The van der Waals surface area contributed by atoms with Crippen molar-refractivity contribution in [2.45, 2.75) is 59.2 Å². The van der Waals surface area contributed by atoms with Gasteiger partial charge in [-0.25, -0.2) is 4.98 Å². The summed E-state index contributed by atoms with van der Waals surface area (Å²) >= 11 is 0. The molecule has 5 nitrogen and oxygen atoms in total. The minimum atomic E-state index is -2.90. The van der Waals surface area contributed by atoms with E-state index in [0.29, 0.717) is 32.9 Å². The maximum atomic E-state index is 10.4. The van der Waals surface area contributed by atoms with Crippen LogP contribution < -0.4 is 9.30 Å². The quantitative estimate of drug-likeness (QED) is 0.101. The number of nitrogens with zero attached hydrogens (tertiary/aromatic N) is 4. The second-order valence-corrected chi connectivity index (χ2v) is 20.9. The van der Waals surface area contributed by atoms with E-state index in [-0.39, 0.29) is 99.7 Å². The Morgan fingerprint density at radius 1 is 0.531 bits per heavy atom. The maximum Gasteiger partial charge on any atom is 0.268 e. The summed E-state index contributed by atoms with van der Waals surface area (Å²) < 4.78 is 244. The molecule has 0 aliphatic heterocycles. The molecule has 0 bridgehead atoms. The maximum absolute atomic E-state index is 10.4. The van der Waals surface area contributed by atoms with E-state index in [1.807, 2.05) is 59.7 Å². The average Bonchev–Trinajstić information content (AvgIpc) is 1.71. The molecule has 0 spiro atoms. The van der Waals surface area contributed by atoms with Gasteiger partial charge in [0.1, 0.15) is 5.82 Å². The third-order valence-corrected chi connectivity index (χ3v) is 13.6. The molecule has 13 rings (SSSR count). The Kier molecular flexibility index (Phi) is 8.05. The molecule has 0 saturated carbocycles. The third-order valence-electron chi connectivity index (χ3n) is 13.6. The first-order chi connectivity index (χ1) is 49.6. The predicted octanol–water partition coefficient (Wildman–Crippen LogP) is 18.8. The molecule has 3 aromatic heterocycles. The van der Waals surface area contributed by atoms with Gasteiger partial charge < -0.3 is 13.9 Å². The van der Waals surface area contributed by atoms with E-state index in [1.165, 1.54) is 12.3 Å². The molecular weight excluding hydrogens is 1170 g/mol. The van der Waals surface area contributed by atoms with Gasteiger partial charge >= 0.3 is 0 Å². The number of ether oxygens (including phenoxy) is 1. The Bertz CT molecular complexity index is 5800. The smallest absolute Gasteiger partial charge is 0.268 e. The van der Waals surface area contributed by atoms with Crippen molar-refractivity contribution in [3.63, 3.8) is 0 Å². The van der Waals surface area contributed by atoms with Gasteiger partial charge in [0.25, 0.3) is 6.33 Å². The fraction of sp³-hybridized carbons (Fsp3) is 0.120. The zero-order valence-corrected chi connectivity index (χ0v) is 46.5. The van der Waals surface area contributed by atoms with Crippen LogP contribution in [0.5, 0.6) is 11.5 Å². The van der Waals surface area contributed by atoms with Crippen LogP contribution in [0.15, 0.2) is 236 Å². The molecule has 0 atom stereocenters. The monoisotopic (exact) mass is 1250 g/mol. The molecule has 0 aliphatic rings. The Morgan fingerprint density at radius 2 is 1.15 bits per heavy atom. The van der Waals surface area contributed by atoms with Crippen molar-refractivity contribution in [3.8, 4) is 84.3 Å². The number of rotatable bonds is 10. The van der Waals surface area contributed by atoms with E-state index in [2.05, 4.69) is 23.4 Å². The standard InChI is InChI=1S/C75H60N4O.Pt/c1-50-39-72(76-48-66(50)54-29-18-11-19-30-54)79-68-34-21-20-33-63(68)64-37-36-62(47-70(64)79)80-61-32-22-31-60(46-61)77-49-78(69-38-35-55(43-71(69)77)51-23-12-8-13-24-51)73-65(44-59(74(2,3)4)45-67(73)75(5,6)7)58-41-56(52-25-14-9-15-26-52)40-57(42-58)53-27-16-10-17-28-53;/h8-45,48H,1-7H3;/q-2;/i1D3,8D,9D,10D,11D,12D,13D,14D,15D,16D,17D,18D,19D,23D,24D,25D,26D,27D,28D,29D,30D,40D,41D,42D;. The molecular formula is C75H60N4OPt-2. The van der Waals surface area contributed by atoms with E-state index >= 15 is 0 Å². The molecule has 0 N–H and O–H groups in total. The largest absolute Gasteiger partial charge is 0.510 e. The van der Waals surface area contributed by atoms with Gasteiger partial charge in [-0.1, -0.05) is 210 Å². The molecule has 0 fully saturated rings. The molecule has 6 heteroatoms. The average molecular weight is 1250 g/mol. The number of imidazole rings is 1. The van der Waals surface area contributed by atoms with Crippen molar-refractivity contribution < 1.29 is 66.0 Å². The predicted molar refractivity (Wildman–Crippen MR) is 329 cm³/mol. The molecule has 3 heterocycles. The number of para-hydroxylation sites is 1. The molecule has 81 heavy (non-hydrogen) atoms. The molecule has 0 saturated heterocycles. The molecule has 0 aliphatic carbocycles. The molecule has 0 radical (unpaired) electrons. The minimum Gasteiger partial charge on any atom is -0.510 e. The Labute approximate surface area is 526 Å². The Morgan fingerprint density at radius 3 is 1.79 bits per heavy atom. The number of aryl methyl sites for hydroxylation is 1. The first-order valence-corrected chi connectivity index (χ1v) is 25.4. The zero-order chi connectivity index (χ0) is 77.2. The van der Waals surface area contributed by atoms with Crippen LogP contribution in [0.25, 0.3) is 106 Å². The molecule has 398 valence electrons. The summed E-state index contributed by atoms with van der Waals surface area (Å²) in [4.78, 5) is 4.69. The number of fused-ring (bicyclic) bond motifs is 4. The van der Waals surface area contributed by atoms with E-state index in [9.17, 15) is 9.60 Å². The van der Waals surface area contributed by atoms with Crippen LogP contribution in [-0.2, 0) is 31.9 Å². The van der Waals surface area contributed by atoms with E-state index < -0.39 is 179 Å². The van der Waals surface area contributed by atoms with Crippen molar-refractivity contribution in [2.75, 3.05) is 0 Å². The Hall–Kier alpha value is -8.89. The number of aromatic nitrogens is 4. The van der Waals surface area contributed by atoms with Crippen molar-refractivity contribution >= 4 is 32.8 Å². The summed E-state index contributed by atoms with van der Waals surface area (Å²) in [6.07, 6.45) is 4.65. The molecule has 0 amide bonds. The van der Waals surface area contributed by atoms with Crippen LogP contribution >= 0.6 is 0 Å². The number of benzene rings is 10. The summed E-state index contributed by atoms with van der Waals surface area (Å²) in [5.41, 5.74) is -2.48. The van der Waals surface area contributed by atoms with Gasteiger partial charge in [-0.05, 0) is 132 Å². The fourth-order valence-electron chi connectivity index (χ4n) is 9.74. The van der Waals surface area contributed by atoms with Crippen LogP contribution in [0.3, 0.4) is 0 Å².